The Morgan fingerprint density at radius 2 is 1.28 bits per heavy atom. The molecule has 4 aromatic carbocycles. The van der Waals surface area contributed by atoms with E-state index in [4.69, 9.17) is 0 Å². The third-order valence-electron chi connectivity index (χ3n) is 10.2. The molecule has 4 aromatic rings. The van der Waals surface area contributed by atoms with Gasteiger partial charge in [0.2, 0.25) is 23.6 Å². The zero-order chi connectivity index (χ0) is 39.0. The van der Waals surface area contributed by atoms with E-state index in [1.165, 1.54) is 6.92 Å². The second kappa shape index (κ2) is 21.2. The van der Waals surface area contributed by atoms with E-state index in [0.29, 0.717) is 57.5 Å². The second-order valence-corrected chi connectivity index (χ2v) is 15.3. The number of aliphatic hydroxyl groups excluding tert-OH is 1. The highest BCUT2D eigenvalue weighted by Crippen LogP contribution is 2.27. The van der Waals surface area contributed by atoms with Crippen LogP contribution in [0.1, 0.15) is 84.3 Å². The third-order valence-corrected chi connectivity index (χ3v) is 10.2. The molecule has 0 aromatic heterocycles. The van der Waals surface area contributed by atoms with Crippen LogP contribution in [0.2, 0.25) is 0 Å². The van der Waals surface area contributed by atoms with E-state index in [1.807, 2.05) is 50.2 Å². The fourth-order valence-corrected chi connectivity index (χ4v) is 6.97. The van der Waals surface area contributed by atoms with E-state index in [2.05, 4.69) is 83.6 Å². The highest BCUT2D eigenvalue weighted by Gasteiger charge is 2.31. The van der Waals surface area contributed by atoms with Crippen LogP contribution in [0.3, 0.4) is 0 Å². The average Bonchev–Trinajstić information content (AvgIpc) is 3.15. The molecular weight excluding hydrogens is 677 g/mol. The Bertz CT molecular complexity index is 1750. The number of aliphatic hydroxyl groups is 1. The maximum atomic E-state index is 14.6. The number of nitrogens with one attached hydrogen (secondary N) is 4. The number of carbonyl (C=O) groups excluding carboxylic acids is 4. The molecule has 9 heteroatoms. The van der Waals surface area contributed by atoms with Gasteiger partial charge in [-0.2, -0.15) is 0 Å². The molecule has 4 amide bonds. The normalized spacial score (nSPS) is 13.7. The lowest BCUT2D eigenvalue weighted by Gasteiger charge is -2.29. The van der Waals surface area contributed by atoms with E-state index in [0.717, 1.165) is 39.1 Å². The van der Waals surface area contributed by atoms with Gasteiger partial charge in [0.15, 0.2) is 0 Å². The minimum absolute atomic E-state index is 0.124. The molecule has 9 nitrogen and oxygen atoms in total. The van der Waals surface area contributed by atoms with E-state index in [-0.39, 0.29) is 30.1 Å². The maximum Gasteiger partial charge on any atom is 0.242 e. The summed E-state index contributed by atoms with van der Waals surface area (Å²) in [5.41, 5.74) is 2.10. The van der Waals surface area contributed by atoms with E-state index in [1.54, 1.807) is 0 Å². The topological polar surface area (TPSA) is 137 Å². The molecule has 0 aliphatic heterocycles. The molecule has 4 atom stereocenters. The minimum atomic E-state index is -1.10. The first kappa shape index (κ1) is 42.0. The van der Waals surface area contributed by atoms with Crippen LogP contribution in [-0.2, 0) is 32.0 Å². The number of benzene rings is 4. The van der Waals surface area contributed by atoms with Gasteiger partial charge < -0.3 is 26.4 Å². The largest absolute Gasteiger partial charge is 0.390 e. The molecule has 0 fully saturated rings. The van der Waals surface area contributed by atoms with Crippen molar-refractivity contribution in [1.82, 2.24) is 21.3 Å². The fraction of sp³-hybridized carbons (Fsp3) is 0.467. The summed E-state index contributed by atoms with van der Waals surface area (Å²) >= 11 is 0. The lowest BCUT2D eigenvalue weighted by molar-refractivity contribution is -0.132. The Labute approximate surface area is 321 Å². The van der Waals surface area contributed by atoms with Gasteiger partial charge in [-0.15, -0.1) is 0 Å². The third kappa shape index (κ3) is 13.0. The summed E-state index contributed by atoms with van der Waals surface area (Å²) in [5, 5.41) is 27.5. The number of rotatable bonds is 21. The van der Waals surface area contributed by atoms with Crippen LogP contribution in [0.5, 0.6) is 0 Å². The van der Waals surface area contributed by atoms with Gasteiger partial charge in [-0.1, -0.05) is 119 Å². The number of hydrogen-bond acceptors (Lipinski definition) is 5. The number of carbonyl (C=O) groups is 4. The molecular formula is C45H60N4O5. The van der Waals surface area contributed by atoms with Gasteiger partial charge in [-0.3, -0.25) is 19.2 Å². The predicted molar refractivity (Wildman–Crippen MR) is 218 cm³/mol. The highest BCUT2D eigenvalue weighted by atomic mass is 16.3. The van der Waals surface area contributed by atoms with Crippen molar-refractivity contribution in [2.24, 2.45) is 17.8 Å². The summed E-state index contributed by atoms with van der Waals surface area (Å²) < 4.78 is 0. The predicted octanol–water partition coefficient (Wildman–Crippen LogP) is 6.63. The van der Waals surface area contributed by atoms with Gasteiger partial charge in [-0.25, -0.2) is 0 Å². The monoisotopic (exact) mass is 736 g/mol. The zero-order valence-electron chi connectivity index (χ0n) is 32.7. The Balaban J connectivity index is 1.60. The Morgan fingerprint density at radius 3 is 1.83 bits per heavy atom. The van der Waals surface area contributed by atoms with Crippen molar-refractivity contribution in [3.8, 4) is 0 Å². The Kier molecular flexibility index (Phi) is 16.5. The van der Waals surface area contributed by atoms with Crippen LogP contribution in [0.15, 0.2) is 84.9 Å². The summed E-state index contributed by atoms with van der Waals surface area (Å²) in [5.74, 6) is -1.08. The van der Waals surface area contributed by atoms with E-state index in [9.17, 15) is 24.3 Å². The SMILES string of the molecule is CCC(C)CNC(=O)C[C@H](O)[C@H](CC(C)C)NC(=O)[C@H](CCCCNC(C)=O)NC(=O)C(Cc1cccc2ccccc12)Cc1cccc2ccccc12. The molecule has 0 aliphatic rings. The average molecular weight is 737 g/mol. The molecule has 5 N–H and O–H groups in total. The molecule has 290 valence electrons. The lowest BCUT2D eigenvalue weighted by Crippen LogP contribution is -2.54. The standard InChI is InChI=1S/C45H60N4O5/c1-6-31(4)29-47-43(52)28-42(51)41(25-30(2)3)49-45(54)40(23-11-12-24-46-32(5)50)48-44(53)37(26-35-19-13-17-33-15-7-9-21-38(33)35)27-36-20-14-18-34-16-8-10-22-39(34)36/h7-10,13-22,30-31,37,40-42,51H,6,11-12,23-29H2,1-5H3,(H,46,50)(H,47,52)(H,48,53)(H,49,54)/t31?,40-,41-,42-/m0/s1. The Hall–Kier alpha value is -4.76. The highest BCUT2D eigenvalue weighted by molar-refractivity contribution is 5.91. The van der Waals surface area contributed by atoms with Gasteiger partial charge in [0.05, 0.1) is 18.6 Å². The summed E-state index contributed by atoms with van der Waals surface area (Å²) in [6.45, 7) is 10.6. The van der Waals surface area contributed by atoms with E-state index < -0.39 is 30.0 Å². The van der Waals surface area contributed by atoms with Crippen molar-refractivity contribution in [2.45, 2.75) is 104 Å². The van der Waals surface area contributed by atoms with Gasteiger partial charge in [0, 0.05) is 25.9 Å². The molecule has 0 spiro atoms. The van der Waals surface area contributed by atoms with E-state index >= 15 is 0 Å². The lowest BCUT2D eigenvalue weighted by atomic mass is 9.87. The molecule has 0 bridgehead atoms. The fourth-order valence-electron chi connectivity index (χ4n) is 6.97. The molecule has 0 saturated carbocycles. The maximum absolute atomic E-state index is 14.6. The van der Waals surface area contributed by atoms with Crippen LogP contribution >= 0.6 is 0 Å². The van der Waals surface area contributed by atoms with Gasteiger partial charge in [0.25, 0.3) is 0 Å². The molecule has 0 aliphatic carbocycles. The van der Waals surface area contributed by atoms with Crippen molar-refractivity contribution < 1.29 is 24.3 Å². The molecule has 0 heterocycles. The van der Waals surface area contributed by atoms with Crippen molar-refractivity contribution in [3.63, 3.8) is 0 Å². The molecule has 0 radical (unpaired) electrons. The van der Waals surface area contributed by atoms with Gasteiger partial charge >= 0.3 is 0 Å². The second-order valence-electron chi connectivity index (χ2n) is 15.3. The molecule has 54 heavy (non-hydrogen) atoms. The number of hydrogen-bond donors (Lipinski definition) is 5. The van der Waals surface area contributed by atoms with Gasteiger partial charge in [-0.05, 0) is 83.0 Å². The Morgan fingerprint density at radius 1 is 0.704 bits per heavy atom. The molecule has 4 rings (SSSR count). The first-order valence-corrected chi connectivity index (χ1v) is 19.7. The molecule has 0 saturated heterocycles. The van der Waals surface area contributed by atoms with Crippen molar-refractivity contribution in [2.75, 3.05) is 13.1 Å². The molecule has 1 unspecified atom stereocenters. The van der Waals surface area contributed by atoms with Crippen LogP contribution < -0.4 is 21.3 Å². The van der Waals surface area contributed by atoms with Crippen molar-refractivity contribution in [3.05, 3.63) is 96.1 Å². The first-order valence-electron chi connectivity index (χ1n) is 19.7. The van der Waals surface area contributed by atoms with Crippen LogP contribution in [-0.4, -0.2) is 60.0 Å². The first-order chi connectivity index (χ1) is 25.9. The summed E-state index contributed by atoms with van der Waals surface area (Å²) in [4.78, 5) is 53.0. The minimum Gasteiger partial charge on any atom is -0.390 e. The van der Waals surface area contributed by atoms with Crippen molar-refractivity contribution >= 4 is 45.2 Å². The van der Waals surface area contributed by atoms with Crippen LogP contribution in [0.4, 0.5) is 0 Å². The van der Waals surface area contributed by atoms with Crippen molar-refractivity contribution in [1.29, 1.82) is 0 Å². The summed E-state index contributed by atoms with van der Waals surface area (Å²) in [7, 11) is 0. The summed E-state index contributed by atoms with van der Waals surface area (Å²) in [6.07, 6.45) is 2.62. The number of fused-ring (bicyclic) bond motifs is 2. The van der Waals surface area contributed by atoms with Crippen LogP contribution in [0.25, 0.3) is 21.5 Å². The zero-order valence-corrected chi connectivity index (χ0v) is 32.7. The smallest absolute Gasteiger partial charge is 0.242 e. The van der Waals surface area contributed by atoms with Crippen LogP contribution in [0, 0.1) is 17.8 Å². The van der Waals surface area contributed by atoms with Gasteiger partial charge in [0.1, 0.15) is 6.04 Å². The quantitative estimate of drug-likeness (QED) is 0.0613. The number of amides is 4. The number of unbranched alkanes of at least 4 members (excludes halogenated alkanes) is 1. The summed E-state index contributed by atoms with van der Waals surface area (Å²) in [6, 6.07) is 27.0.